The topological polar surface area (TPSA) is 79.3 Å². The molecule has 1 aromatic rings. The third-order valence-corrected chi connectivity index (χ3v) is 4.42. The molecule has 6 heteroatoms. The SMILES string of the molecule is Cc1cnc(CNC(=O)C2CCCCC2C(=O)O)s1. The van der Waals surface area contributed by atoms with Crippen molar-refractivity contribution in [1.82, 2.24) is 10.3 Å². The number of carbonyl (C=O) groups is 2. The third-order valence-electron chi connectivity index (χ3n) is 3.50. The van der Waals surface area contributed by atoms with Gasteiger partial charge in [0.1, 0.15) is 5.01 Å². The van der Waals surface area contributed by atoms with Crippen molar-refractivity contribution in [3.8, 4) is 0 Å². The number of nitrogens with zero attached hydrogens (tertiary/aromatic N) is 1. The van der Waals surface area contributed by atoms with Gasteiger partial charge in [0.15, 0.2) is 0 Å². The van der Waals surface area contributed by atoms with Crippen molar-refractivity contribution in [3.63, 3.8) is 0 Å². The first-order valence-corrected chi connectivity index (χ1v) is 7.31. The fourth-order valence-corrected chi connectivity index (χ4v) is 3.24. The van der Waals surface area contributed by atoms with Gasteiger partial charge in [0.2, 0.25) is 5.91 Å². The van der Waals surface area contributed by atoms with Crippen LogP contribution in [0.5, 0.6) is 0 Å². The minimum absolute atomic E-state index is 0.153. The summed E-state index contributed by atoms with van der Waals surface area (Å²) in [6.45, 7) is 2.35. The summed E-state index contributed by atoms with van der Waals surface area (Å²) < 4.78 is 0. The van der Waals surface area contributed by atoms with E-state index < -0.39 is 17.8 Å². The van der Waals surface area contributed by atoms with E-state index in [4.69, 9.17) is 5.11 Å². The second-order valence-corrected chi connectivity index (χ2v) is 6.24. The zero-order chi connectivity index (χ0) is 13.8. The Balaban J connectivity index is 1.92. The number of hydrogen-bond donors (Lipinski definition) is 2. The van der Waals surface area contributed by atoms with Crippen LogP contribution in [0, 0.1) is 18.8 Å². The first-order chi connectivity index (χ1) is 9.08. The minimum Gasteiger partial charge on any atom is -0.481 e. The Bertz CT molecular complexity index is 472. The maximum Gasteiger partial charge on any atom is 0.307 e. The van der Waals surface area contributed by atoms with Crippen LogP contribution in [0.4, 0.5) is 0 Å². The number of thiazole rings is 1. The van der Waals surface area contributed by atoms with E-state index in [-0.39, 0.29) is 5.91 Å². The molecule has 1 aromatic heterocycles. The smallest absolute Gasteiger partial charge is 0.307 e. The van der Waals surface area contributed by atoms with E-state index in [1.54, 1.807) is 17.5 Å². The van der Waals surface area contributed by atoms with Gasteiger partial charge in [0.05, 0.1) is 18.4 Å². The molecule has 0 spiro atoms. The number of carbonyl (C=O) groups excluding carboxylic acids is 1. The van der Waals surface area contributed by atoms with Gasteiger partial charge in [-0.2, -0.15) is 0 Å². The van der Waals surface area contributed by atoms with Gasteiger partial charge in [-0.15, -0.1) is 11.3 Å². The molecule has 0 radical (unpaired) electrons. The van der Waals surface area contributed by atoms with Crippen LogP contribution in [0.15, 0.2) is 6.20 Å². The number of rotatable bonds is 4. The standard InChI is InChI=1S/C13H18N2O3S/c1-8-6-14-11(19-8)7-15-12(16)9-4-2-3-5-10(9)13(17)18/h6,9-10H,2-5,7H2,1H3,(H,15,16)(H,17,18). The van der Waals surface area contributed by atoms with Gasteiger partial charge < -0.3 is 10.4 Å². The minimum atomic E-state index is -0.857. The highest BCUT2D eigenvalue weighted by molar-refractivity contribution is 7.11. The quantitative estimate of drug-likeness (QED) is 0.884. The van der Waals surface area contributed by atoms with E-state index in [0.29, 0.717) is 19.4 Å². The fourth-order valence-electron chi connectivity index (χ4n) is 2.52. The molecule has 104 valence electrons. The summed E-state index contributed by atoms with van der Waals surface area (Å²) in [5.74, 6) is -1.94. The van der Waals surface area contributed by atoms with Crippen LogP contribution in [0.3, 0.4) is 0 Å². The lowest BCUT2D eigenvalue weighted by atomic mass is 9.79. The highest BCUT2D eigenvalue weighted by atomic mass is 32.1. The maximum atomic E-state index is 12.1. The number of hydrogen-bond acceptors (Lipinski definition) is 4. The molecule has 1 fully saturated rings. The molecule has 2 atom stereocenters. The lowest BCUT2D eigenvalue weighted by Gasteiger charge is -2.27. The van der Waals surface area contributed by atoms with Gasteiger partial charge in [-0.25, -0.2) is 4.98 Å². The van der Waals surface area contributed by atoms with Crippen LogP contribution in [-0.4, -0.2) is 22.0 Å². The predicted molar refractivity (Wildman–Crippen MR) is 71.8 cm³/mol. The van der Waals surface area contributed by atoms with E-state index >= 15 is 0 Å². The molecule has 0 aliphatic heterocycles. The zero-order valence-corrected chi connectivity index (χ0v) is 11.7. The number of aliphatic carboxylic acids is 1. The number of aryl methyl sites for hydroxylation is 1. The summed E-state index contributed by atoms with van der Waals surface area (Å²) in [7, 11) is 0. The van der Waals surface area contributed by atoms with E-state index in [9.17, 15) is 9.59 Å². The summed E-state index contributed by atoms with van der Waals surface area (Å²) in [5.41, 5.74) is 0. The van der Waals surface area contributed by atoms with Crippen molar-refractivity contribution in [1.29, 1.82) is 0 Å². The largest absolute Gasteiger partial charge is 0.481 e. The molecular formula is C13H18N2O3S. The molecule has 0 aromatic carbocycles. The highest BCUT2D eigenvalue weighted by Gasteiger charge is 2.35. The van der Waals surface area contributed by atoms with Crippen molar-refractivity contribution < 1.29 is 14.7 Å². The average molecular weight is 282 g/mol. The van der Waals surface area contributed by atoms with Gasteiger partial charge in [-0.3, -0.25) is 9.59 Å². The fraction of sp³-hybridized carbons (Fsp3) is 0.615. The van der Waals surface area contributed by atoms with Crippen molar-refractivity contribution >= 4 is 23.2 Å². The summed E-state index contributed by atoms with van der Waals surface area (Å²) in [5, 5.41) is 12.8. The van der Waals surface area contributed by atoms with Crippen molar-refractivity contribution in [3.05, 3.63) is 16.1 Å². The van der Waals surface area contributed by atoms with Crippen molar-refractivity contribution in [2.45, 2.75) is 39.2 Å². The average Bonchev–Trinajstić information content (AvgIpc) is 2.81. The molecule has 1 aliphatic carbocycles. The van der Waals surface area contributed by atoms with Crippen molar-refractivity contribution in [2.24, 2.45) is 11.8 Å². The van der Waals surface area contributed by atoms with Crippen LogP contribution in [-0.2, 0) is 16.1 Å². The number of amides is 1. The highest BCUT2D eigenvalue weighted by Crippen LogP contribution is 2.30. The summed E-state index contributed by atoms with van der Waals surface area (Å²) >= 11 is 1.54. The van der Waals surface area contributed by atoms with Crippen LogP contribution in [0.2, 0.25) is 0 Å². The van der Waals surface area contributed by atoms with Crippen molar-refractivity contribution in [2.75, 3.05) is 0 Å². The Morgan fingerprint density at radius 2 is 2.11 bits per heavy atom. The molecule has 0 bridgehead atoms. The second-order valence-electron chi connectivity index (χ2n) is 4.92. The molecule has 1 amide bonds. The Kier molecular flexibility index (Phi) is 4.52. The molecule has 1 heterocycles. The zero-order valence-electron chi connectivity index (χ0n) is 10.9. The van der Waals surface area contributed by atoms with Crippen LogP contribution >= 0.6 is 11.3 Å². The molecule has 5 nitrogen and oxygen atoms in total. The summed E-state index contributed by atoms with van der Waals surface area (Å²) in [6.07, 6.45) is 4.86. The van der Waals surface area contributed by atoms with Gasteiger partial charge in [0, 0.05) is 11.1 Å². The number of aromatic nitrogens is 1. The Hall–Kier alpha value is -1.43. The third kappa shape index (κ3) is 3.53. The molecule has 19 heavy (non-hydrogen) atoms. The van der Waals surface area contributed by atoms with Gasteiger partial charge >= 0.3 is 5.97 Å². The molecule has 2 rings (SSSR count). The van der Waals surface area contributed by atoms with E-state index in [1.165, 1.54) is 0 Å². The number of carboxylic acids is 1. The Morgan fingerprint density at radius 3 is 2.68 bits per heavy atom. The number of carboxylic acid groups (broad SMARTS) is 1. The molecule has 1 saturated carbocycles. The predicted octanol–water partition coefficient (Wildman–Crippen LogP) is 1.96. The molecule has 1 aliphatic rings. The molecular weight excluding hydrogens is 264 g/mol. The monoisotopic (exact) mass is 282 g/mol. The van der Waals surface area contributed by atoms with Gasteiger partial charge in [-0.05, 0) is 19.8 Å². The molecule has 2 N–H and O–H groups in total. The van der Waals surface area contributed by atoms with Crippen LogP contribution in [0.25, 0.3) is 0 Å². The van der Waals surface area contributed by atoms with E-state index in [0.717, 1.165) is 22.7 Å². The van der Waals surface area contributed by atoms with E-state index in [1.807, 2.05) is 6.92 Å². The molecule has 2 unspecified atom stereocenters. The van der Waals surface area contributed by atoms with Gasteiger partial charge in [0.25, 0.3) is 0 Å². The first kappa shape index (κ1) is 14.0. The van der Waals surface area contributed by atoms with E-state index in [2.05, 4.69) is 10.3 Å². The number of nitrogens with one attached hydrogen (secondary N) is 1. The lowest BCUT2D eigenvalue weighted by molar-refractivity contribution is -0.148. The summed E-state index contributed by atoms with van der Waals surface area (Å²) in [4.78, 5) is 28.5. The lowest BCUT2D eigenvalue weighted by Crippen LogP contribution is -2.39. The van der Waals surface area contributed by atoms with Crippen LogP contribution < -0.4 is 5.32 Å². The maximum absolute atomic E-state index is 12.1. The second kappa shape index (κ2) is 6.14. The normalized spacial score (nSPS) is 23.0. The Morgan fingerprint density at radius 1 is 1.42 bits per heavy atom. The first-order valence-electron chi connectivity index (χ1n) is 6.49. The molecule has 0 saturated heterocycles. The Labute approximate surface area is 116 Å². The van der Waals surface area contributed by atoms with Crippen LogP contribution in [0.1, 0.15) is 35.6 Å². The summed E-state index contributed by atoms with van der Waals surface area (Å²) in [6, 6.07) is 0. The van der Waals surface area contributed by atoms with Gasteiger partial charge in [-0.1, -0.05) is 12.8 Å².